The van der Waals surface area contributed by atoms with Crippen molar-refractivity contribution in [3.63, 3.8) is 0 Å². The minimum atomic E-state index is -3.45. The molecule has 20 heavy (non-hydrogen) atoms. The van der Waals surface area contributed by atoms with Gasteiger partial charge in [0.25, 0.3) is 0 Å². The van der Waals surface area contributed by atoms with Crippen LogP contribution in [0.3, 0.4) is 0 Å². The van der Waals surface area contributed by atoms with Crippen LogP contribution >= 0.6 is 0 Å². The number of sulfonamides is 1. The maximum absolute atomic E-state index is 11.9. The first-order chi connectivity index (χ1) is 9.48. The summed E-state index contributed by atoms with van der Waals surface area (Å²) in [6.07, 6.45) is 2.64. The summed E-state index contributed by atoms with van der Waals surface area (Å²) in [6, 6.07) is 15.0. The summed E-state index contributed by atoms with van der Waals surface area (Å²) in [4.78, 5) is 0. The number of rotatable bonds is 3. The Hall–Kier alpha value is -2.19. The molecule has 0 radical (unpaired) electrons. The van der Waals surface area contributed by atoms with Crippen molar-refractivity contribution in [3.8, 4) is 12.0 Å². The molecule has 0 saturated carbocycles. The number of benzene rings is 1. The monoisotopic (exact) mass is 289 g/mol. The van der Waals surface area contributed by atoms with E-state index in [-0.39, 0.29) is 6.04 Å². The molecule has 1 heterocycles. The van der Waals surface area contributed by atoms with Gasteiger partial charge >= 0.3 is 0 Å². The third-order valence-electron chi connectivity index (χ3n) is 2.80. The van der Waals surface area contributed by atoms with Crippen molar-refractivity contribution < 1.29 is 12.8 Å². The second kappa shape index (κ2) is 5.85. The van der Waals surface area contributed by atoms with E-state index in [1.54, 1.807) is 19.1 Å². The smallest absolute Gasteiger partial charge is 0.239 e. The van der Waals surface area contributed by atoms with Gasteiger partial charge in [-0.25, -0.2) is 12.7 Å². The summed E-state index contributed by atoms with van der Waals surface area (Å²) < 4.78 is 30.0. The van der Waals surface area contributed by atoms with Gasteiger partial charge < -0.3 is 4.42 Å². The molecule has 2 rings (SSSR count). The largest absolute Gasteiger partial charge is 0.456 e. The zero-order valence-corrected chi connectivity index (χ0v) is 12.1. The SMILES string of the molecule is CC(c1ccccc1)N(C#Cc1ccco1)S(C)(=O)=O. The third-order valence-corrected chi connectivity index (χ3v) is 3.92. The Morgan fingerprint density at radius 3 is 2.40 bits per heavy atom. The van der Waals surface area contributed by atoms with Crippen LogP contribution in [0.2, 0.25) is 0 Å². The fraction of sp³-hybridized carbons (Fsp3) is 0.200. The van der Waals surface area contributed by atoms with Gasteiger partial charge in [-0.05, 0) is 30.5 Å². The first-order valence-electron chi connectivity index (χ1n) is 6.08. The van der Waals surface area contributed by atoms with Gasteiger partial charge in [0.05, 0.1) is 18.6 Å². The fourth-order valence-electron chi connectivity index (χ4n) is 1.79. The lowest BCUT2D eigenvalue weighted by Crippen LogP contribution is -2.28. The van der Waals surface area contributed by atoms with E-state index in [9.17, 15) is 8.42 Å². The number of nitrogens with zero attached hydrogens (tertiary/aromatic N) is 1. The molecule has 1 aromatic carbocycles. The lowest BCUT2D eigenvalue weighted by atomic mass is 10.1. The second-order valence-corrected chi connectivity index (χ2v) is 6.22. The maximum Gasteiger partial charge on any atom is 0.239 e. The Bertz CT molecular complexity index is 709. The number of hydrogen-bond acceptors (Lipinski definition) is 3. The van der Waals surface area contributed by atoms with Crippen LogP contribution in [0.5, 0.6) is 0 Å². The summed E-state index contributed by atoms with van der Waals surface area (Å²) in [6.45, 7) is 1.80. The first-order valence-corrected chi connectivity index (χ1v) is 7.93. The summed E-state index contributed by atoms with van der Waals surface area (Å²) in [7, 11) is -3.45. The first kappa shape index (κ1) is 14.2. The van der Waals surface area contributed by atoms with Crippen LogP contribution in [0.1, 0.15) is 24.3 Å². The molecule has 1 aromatic heterocycles. The molecule has 0 bridgehead atoms. The van der Waals surface area contributed by atoms with Crippen LogP contribution in [0.15, 0.2) is 53.1 Å². The molecule has 0 fully saturated rings. The van der Waals surface area contributed by atoms with Crippen LogP contribution in [0, 0.1) is 12.0 Å². The standard InChI is InChI=1S/C15H15NO3S/c1-13(14-7-4-3-5-8-14)16(20(2,17)18)11-10-15-9-6-12-19-15/h3-9,12-13H,1-2H3. The second-order valence-electron chi connectivity index (χ2n) is 4.36. The quantitative estimate of drug-likeness (QED) is 0.644. The van der Waals surface area contributed by atoms with E-state index in [2.05, 4.69) is 12.0 Å². The highest BCUT2D eigenvalue weighted by molar-refractivity contribution is 7.88. The Kier molecular flexibility index (Phi) is 4.16. The van der Waals surface area contributed by atoms with E-state index >= 15 is 0 Å². The number of hydrogen-bond donors (Lipinski definition) is 0. The Balaban J connectivity index is 2.34. The van der Waals surface area contributed by atoms with Gasteiger partial charge in [-0.2, -0.15) is 0 Å². The summed E-state index contributed by atoms with van der Waals surface area (Å²) in [5.74, 6) is 3.14. The average Bonchev–Trinajstić information content (AvgIpc) is 2.91. The molecule has 1 unspecified atom stereocenters. The molecule has 5 heteroatoms. The van der Waals surface area contributed by atoms with Crippen molar-refractivity contribution in [3.05, 3.63) is 60.1 Å². The van der Waals surface area contributed by atoms with Crippen molar-refractivity contribution in [2.45, 2.75) is 13.0 Å². The van der Waals surface area contributed by atoms with E-state index in [4.69, 9.17) is 4.42 Å². The van der Waals surface area contributed by atoms with Crippen molar-refractivity contribution in [1.29, 1.82) is 0 Å². The minimum absolute atomic E-state index is 0.367. The van der Waals surface area contributed by atoms with Crippen molar-refractivity contribution in [2.75, 3.05) is 6.26 Å². The average molecular weight is 289 g/mol. The van der Waals surface area contributed by atoms with Crippen LogP contribution in [-0.2, 0) is 10.0 Å². The molecule has 0 aliphatic carbocycles. The van der Waals surface area contributed by atoms with E-state index in [1.807, 2.05) is 30.3 Å². The molecular weight excluding hydrogens is 274 g/mol. The lowest BCUT2D eigenvalue weighted by molar-refractivity contribution is 0.451. The summed E-state index contributed by atoms with van der Waals surface area (Å²) in [5, 5.41) is 0. The predicted octanol–water partition coefficient (Wildman–Crippen LogP) is 2.61. The van der Waals surface area contributed by atoms with Gasteiger partial charge in [-0.15, -0.1) is 0 Å². The van der Waals surface area contributed by atoms with Gasteiger partial charge in [0.2, 0.25) is 10.0 Å². The van der Waals surface area contributed by atoms with Crippen LogP contribution in [-0.4, -0.2) is 19.0 Å². The van der Waals surface area contributed by atoms with E-state index in [1.165, 1.54) is 6.26 Å². The van der Waals surface area contributed by atoms with Gasteiger partial charge in [0.15, 0.2) is 5.76 Å². The lowest BCUT2D eigenvalue weighted by Gasteiger charge is -2.23. The Morgan fingerprint density at radius 1 is 1.15 bits per heavy atom. The molecule has 0 spiro atoms. The molecule has 2 aromatic rings. The molecule has 0 aliphatic heterocycles. The minimum Gasteiger partial charge on any atom is -0.456 e. The highest BCUT2D eigenvalue weighted by Crippen LogP contribution is 2.21. The predicted molar refractivity (Wildman–Crippen MR) is 77.1 cm³/mol. The maximum atomic E-state index is 11.9. The highest BCUT2D eigenvalue weighted by atomic mass is 32.2. The van der Waals surface area contributed by atoms with E-state index in [0.717, 1.165) is 16.1 Å². The van der Waals surface area contributed by atoms with Crippen molar-refractivity contribution in [2.24, 2.45) is 0 Å². The van der Waals surface area contributed by atoms with Gasteiger partial charge in [-0.3, -0.25) is 0 Å². The molecule has 0 saturated heterocycles. The van der Waals surface area contributed by atoms with E-state index < -0.39 is 10.0 Å². The van der Waals surface area contributed by atoms with Gasteiger partial charge in [0, 0.05) is 6.04 Å². The summed E-state index contributed by atoms with van der Waals surface area (Å²) in [5.41, 5.74) is 0.881. The molecule has 0 N–H and O–H groups in total. The highest BCUT2D eigenvalue weighted by Gasteiger charge is 2.21. The topological polar surface area (TPSA) is 50.5 Å². The Morgan fingerprint density at radius 2 is 1.85 bits per heavy atom. The van der Waals surface area contributed by atoms with Crippen molar-refractivity contribution >= 4 is 10.0 Å². The van der Waals surface area contributed by atoms with Crippen LogP contribution in [0.25, 0.3) is 0 Å². The molecule has 1 atom stereocenters. The van der Waals surface area contributed by atoms with Gasteiger partial charge in [-0.1, -0.05) is 30.3 Å². The molecule has 0 aliphatic rings. The van der Waals surface area contributed by atoms with E-state index in [0.29, 0.717) is 5.76 Å². The summed E-state index contributed by atoms with van der Waals surface area (Å²) >= 11 is 0. The van der Waals surface area contributed by atoms with Gasteiger partial charge in [0.1, 0.15) is 0 Å². The zero-order chi connectivity index (χ0) is 14.6. The van der Waals surface area contributed by atoms with Crippen molar-refractivity contribution in [1.82, 2.24) is 4.31 Å². The zero-order valence-electron chi connectivity index (χ0n) is 11.3. The number of furan rings is 1. The molecule has 4 nitrogen and oxygen atoms in total. The molecular formula is C15H15NO3S. The fourth-order valence-corrected chi connectivity index (χ4v) is 2.70. The molecule has 104 valence electrons. The van der Waals surface area contributed by atoms with Crippen LogP contribution in [0.4, 0.5) is 0 Å². The Labute approximate surface area is 119 Å². The van der Waals surface area contributed by atoms with Crippen LogP contribution < -0.4 is 0 Å². The third kappa shape index (κ3) is 3.43. The molecule has 0 amide bonds. The normalized spacial score (nSPS) is 12.3.